The van der Waals surface area contributed by atoms with E-state index in [-0.39, 0.29) is 0 Å². The first-order chi connectivity index (χ1) is 14.3. The van der Waals surface area contributed by atoms with Gasteiger partial charge in [-0.15, -0.1) is 11.3 Å². The van der Waals surface area contributed by atoms with Gasteiger partial charge in [0, 0.05) is 9.75 Å². The predicted octanol–water partition coefficient (Wildman–Crippen LogP) is 9.40. The van der Waals surface area contributed by atoms with Crippen LogP contribution in [0.5, 0.6) is 0 Å². The second-order valence-electron chi connectivity index (χ2n) is 8.25. The normalized spacial score (nSPS) is 11.5. The van der Waals surface area contributed by atoms with E-state index in [9.17, 15) is 0 Å². The lowest BCUT2D eigenvalue weighted by Gasteiger charge is -2.05. The second-order valence-corrected chi connectivity index (χ2v) is 9.42. The summed E-state index contributed by atoms with van der Waals surface area (Å²) in [5, 5.41) is 5.29. The third-order valence-electron chi connectivity index (χ3n) is 5.93. The van der Waals surface area contributed by atoms with Crippen LogP contribution in [0.2, 0.25) is 0 Å². The molecule has 150 valence electrons. The molecule has 0 radical (unpaired) electrons. The summed E-state index contributed by atoms with van der Waals surface area (Å²) >= 11 is 1.97. The van der Waals surface area contributed by atoms with Crippen molar-refractivity contribution in [1.82, 2.24) is 0 Å². The van der Waals surface area contributed by atoms with Gasteiger partial charge in [-0.3, -0.25) is 0 Å². The Morgan fingerprint density at radius 3 is 2.00 bits per heavy atom. The third kappa shape index (κ3) is 5.28. The highest BCUT2D eigenvalue weighted by molar-refractivity contribution is 7.15. The molecule has 1 heteroatoms. The van der Waals surface area contributed by atoms with Crippen molar-refractivity contribution >= 4 is 32.9 Å². The quantitative estimate of drug-likeness (QED) is 0.184. The van der Waals surface area contributed by atoms with E-state index < -0.39 is 0 Å². The molecule has 0 aliphatic rings. The summed E-state index contributed by atoms with van der Waals surface area (Å²) < 4.78 is 0. The van der Waals surface area contributed by atoms with Gasteiger partial charge in [0.25, 0.3) is 0 Å². The average Bonchev–Trinajstić information content (AvgIpc) is 3.22. The van der Waals surface area contributed by atoms with Crippen LogP contribution in [0.15, 0.2) is 66.7 Å². The number of hydrogen-bond donors (Lipinski definition) is 0. The van der Waals surface area contributed by atoms with Crippen molar-refractivity contribution in [3.8, 4) is 10.4 Å². The fourth-order valence-electron chi connectivity index (χ4n) is 4.19. The number of rotatable bonds is 10. The Morgan fingerprint density at radius 1 is 0.586 bits per heavy atom. The zero-order valence-electron chi connectivity index (χ0n) is 17.6. The number of hydrogen-bond acceptors (Lipinski definition) is 1. The third-order valence-corrected chi connectivity index (χ3v) is 7.12. The van der Waals surface area contributed by atoms with Crippen molar-refractivity contribution in [2.75, 3.05) is 0 Å². The Kier molecular flexibility index (Phi) is 7.00. The van der Waals surface area contributed by atoms with E-state index in [0.29, 0.717) is 0 Å². The molecule has 0 unspecified atom stereocenters. The molecule has 0 spiro atoms. The summed E-state index contributed by atoms with van der Waals surface area (Å²) in [4.78, 5) is 2.93. The Labute approximate surface area is 179 Å². The summed E-state index contributed by atoms with van der Waals surface area (Å²) in [5.74, 6) is 0. The first kappa shape index (κ1) is 20.2. The second kappa shape index (κ2) is 10.1. The molecule has 0 bridgehead atoms. The number of fused-ring (bicyclic) bond motifs is 2. The maximum Gasteiger partial charge on any atom is 0.0345 e. The number of aryl methyl sites for hydroxylation is 1. The zero-order chi connectivity index (χ0) is 19.9. The summed E-state index contributed by atoms with van der Waals surface area (Å²) in [6, 6.07) is 24.8. The summed E-state index contributed by atoms with van der Waals surface area (Å²) in [6.07, 6.45) is 12.4. The van der Waals surface area contributed by atoms with Crippen molar-refractivity contribution in [3.63, 3.8) is 0 Å². The molecule has 3 aromatic carbocycles. The highest BCUT2D eigenvalue weighted by Gasteiger charge is 2.05. The van der Waals surface area contributed by atoms with Gasteiger partial charge in [-0.25, -0.2) is 0 Å². The maximum atomic E-state index is 2.35. The molecule has 4 rings (SSSR count). The fourth-order valence-corrected chi connectivity index (χ4v) is 5.24. The van der Waals surface area contributed by atoms with Crippen LogP contribution in [-0.2, 0) is 6.42 Å². The van der Waals surface area contributed by atoms with Crippen LogP contribution < -0.4 is 0 Å². The van der Waals surface area contributed by atoms with E-state index in [1.165, 1.54) is 94.7 Å². The predicted molar refractivity (Wildman–Crippen MR) is 131 cm³/mol. The Morgan fingerprint density at radius 2 is 1.24 bits per heavy atom. The highest BCUT2D eigenvalue weighted by Crippen LogP contribution is 2.32. The lowest BCUT2D eigenvalue weighted by atomic mass is 10.0. The van der Waals surface area contributed by atoms with E-state index in [4.69, 9.17) is 0 Å². The monoisotopic (exact) mass is 400 g/mol. The lowest BCUT2D eigenvalue weighted by molar-refractivity contribution is 0.576. The van der Waals surface area contributed by atoms with Gasteiger partial charge in [0.2, 0.25) is 0 Å². The Hall–Kier alpha value is -2.12. The van der Waals surface area contributed by atoms with E-state index in [2.05, 4.69) is 73.7 Å². The SMILES string of the molecule is CCCCCCCCCCc1ccc(-c2ccc3cc4ccccc4cc3c2)s1. The number of benzene rings is 3. The van der Waals surface area contributed by atoms with E-state index in [0.717, 1.165) is 0 Å². The first-order valence-electron chi connectivity index (χ1n) is 11.3. The Balaban J connectivity index is 1.36. The highest BCUT2D eigenvalue weighted by atomic mass is 32.1. The van der Waals surface area contributed by atoms with Crippen LogP contribution >= 0.6 is 11.3 Å². The van der Waals surface area contributed by atoms with Gasteiger partial charge in [0.1, 0.15) is 0 Å². The molecule has 0 atom stereocenters. The van der Waals surface area contributed by atoms with Crippen LogP contribution in [0.25, 0.3) is 32.0 Å². The van der Waals surface area contributed by atoms with Gasteiger partial charge in [-0.2, -0.15) is 0 Å². The number of thiophene rings is 1. The Bertz CT molecular complexity index is 1060. The van der Waals surface area contributed by atoms with Crippen molar-refractivity contribution < 1.29 is 0 Å². The molecular formula is C28H32S. The smallest absolute Gasteiger partial charge is 0.0345 e. The van der Waals surface area contributed by atoms with E-state index in [1.54, 1.807) is 0 Å². The first-order valence-corrected chi connectivity index (χ1v) is 12.2. The molecule has 1 heterocycles. The van der Waals surface area contributed by atoms with Gasteiger partial charge in [-0.1, -0.05) is 88.3 Å². The summed E-state index contributed by atoms with van der Waals surface area (Å²) in [7, 11) is 0. The molecule has 0 aliphatic heterocycles. The molecule has 4 aromatic rings. The minimum Gasteiger partial charge on any atom is -0.140 e. The van der Waals surface area contributed by atoms with Crippen molar-refractivity contribution in [3.05, 3.63) is 71.6 Å². The van der Waals surface area contributed by atoms with Crippen LogP contribution in [0.4, 0.5) is 0 Å². The summed E-state index contributed by atoms with van der Waals surface area (Å²) in [5.41, 5.74) is 1.35. The van der Waals surface area contributed by atoms with Crippen molar-refractivity contribution in [1.29, 1.82) is 0 Å². The number of unbranched alkanes of at least 4 members (excludes halogenated alkanes) is 7. The summed E-state index contributed by atoms with van der Waals surface area (Å²) in [6.45, 7) is 2.29. The molecule has 0 amide bonds. The van der Waals surface area contributed by atoms with Gasteiger partial charge < -0.3 is 0 Å². The van der Waals surface area contributed by atoms with Crippen LogP contribution in [0.3, 0.4) is 0 Å². The van der Waals surface area contributed by atoms with E-state index >= 15 is 0 Å². The van der Waals surface area contributed by atoms with Gasteiger partial charge in [0.15, 0.2) is 0 Å². The lowest BCUT2D eigenvalue weighted by Crippen LogP contribution is -1.83. The van der Waals surface area contributed by atoms with Crippen LogP contribution in [0, 0.1) is 0 Å². The molecule has 0 aliphatic carbocycles. The maximum absolute atomic E-state index is 2.35. The van der Waals surface area contributed by atoms with Gasteiger partial charge in [0.05, 0.1) is 0 Å². The molecule has 0 saturated carbocycles. The molecule has 0 nitrogen and oxygen atoms in total. The molecule has 29 heavy (non-hydrogen) atoms. The van der Waals surface area contributed by atoms with Gasteiger partial charge >= 0.3 is 0 Å². The topological polar surface area (TPSA) is 0 Å². The largest absolute Gasteiger partial charge is 0.140 e. The van der Waals surface area contributed by atoms with Crippen molar-refractivity contribution in [2.45, 2.75) is 64.7 Å². The molecule has 0 saturated heterocycles. The van der Waals surface area contributed by atoms with Gasteiger partial charge in [-0.05, 0) is 70.3 Å². The molecule has 0 fully saturated rings. The molecule has 1 aromatic heterocycles. The van der Waals surface area contributed by atoms with E-state index in [1.807, 2.05) is 11.3 Å². The molecule has 0 N–H and O–H groups in total. The van der Waals surface area contributed by atoms with Crippen LogP contribution in [-0.4, -0.2) is 0 Å². The minimum absolute atomic E-state index is 1.23. The van der Waals surface area contributed by atoms with Crippen molar-refractivity contribution in [2.24, 2.45) is 0 Å². The van der Waals surface area contributed by atoms with Crippen LogP contribution in [0.1, 0.15) is 63.2 Å². The fraction of sp³-hybridized carbons (Fsp3) is 0.357. The zero-order valence-corrected chi connectivity index (χ0v) is 18.4. The average molecular weight is 401 g/mol. The standard InChI is InChI=1S/C28H32S/c1-2-3-4-5-6-7-8-9-14-27-17-18-28(29-27)25-16-15-24-19-22-12-10-11-13-23(22)20-26(24)21-25/h10-13,15-21H,2-9,14H2,1H3. The molecular weight excluding hydrogens is 368 g/mol. The minimum atomic E-state index is 1.23.